The molecule has 2 N–H and O–H groups in total. The summed E-state index contributed by atoms with van der Waals surface area (Å²) in [4.78, 5) is 38.5. The highest BCUT2D eigenvalue weighted by atomic mass is 16.5. The maximum atomic E-state index is 13.2. The number of nitrogens with one attached hydrogen (secondary N) is 1. The molecule has 0 spiro atoms. The normalized spacial score (nSPS) is 11.0. The van der Waals surface area contributed by atoms with E-state index in [1.54, 1.807) is 49.4 Å². The molecule has 0 radical (unpaired) electrons. The summed E-state index contributed by atoms with van der Waals surface area (Å²) in [7, 11) is 0. The van der Waals surface area contributed by atoms with Crippen LogP contribution in [0.3, 0.4) is 0 Å². The summed E-state index contributed by atoms with van der Waals surface area (Å²) < 4.78 is 6.54. The molecule has 0 fully saturated rings. The van der Waals surface area contributed by atoms with E-state index >= 15 is 0 Å². The van der Waals surface area contributed by atoms with Gasteiger partial charge in [0.25, 0.3) is 11.5 Å². The number of carbonyl (C=O) groups is 2. The lowest BCUT2D eigenvalue weighted by Crippen LogP contribution is -2.30. The number of nitrogens with zero attached hydrogens (tertiary/aromatic N) is 1. The molecular formula is C24H26N2O5. The van der Waals surface area contributed by atoms with E-state index in [0.717, 1.165) is 6.42 Å². The highest BCUT2D eigenvalue weighted by Gasteiger charge is 2.24. The van der Waals surface area contributed by atoms with Gasteiger partial charge in [0.1, 0.15) is 11.3 Å². The molecule has 7 nitrogen and oxygen atoms in total. The first kappa shape index (κ1) is 22.1. The fourth-order valence-corrected chi connectivity index (χ4v) is 3.37. The van der Waals surface area contributed by atoms with E-state index in [4.69, 9.17) is 4.74 Å². The van der Waals surface area contributed by atoms with E-state index in [1.165, 1.54) is 10.6 Å². The summed E-state index contributed by atoms with van der Waals surface area (Å²) >= 11 is 0. The standard InChI is InChI=1S/C24H26N2O5/c1-4-31-24(30)16-9-5-7-11-18(16)25-22(28)20-21(27)17-10-6-8-12-19(17)26(23(20)29)14-13-15(2)3/h5-12,15,27H,4,13-14H2,1-3H3,(H,25,28). The SMILES string of the molecule is CCOC(=O)c1ccccc1NC(=O)c1c(O)c2ccccc2n(CCC(C)C)c1=O. The van der Waals surface area contributed by atoms with Crippen molar-refractivity contribution in [2.24, 2.45) is 5.92 Å². The average molecular weight is 422 g/mol. The van der Waals surface area contributed by atoms with Gasteiger partial charge in [-0.25, -0.2) is 4.79 Å². The number of benzene rings is 2. The summed E-state index contributed by atoms with van der Waals surface area (Å²) in [6.45, 7) is 6.39. The van der Waals surface area contributed by atoms with E-state index in [9.17, 15) is 19.5 Å². The molecule has 0 saturated heterocycles. The predicted octanol–water partition coefficient (Wildman–Crippen LogP) is 4.18. The number of carbonyl (C=O) groups excluding carboxylic acids is 2. The monoisotopic (exact) mass is 422 g/mol. The van der Waals surface area contributed by atoms with Gasteiger partial charge in [0.05, 0.1) is 23.4 Å². The number of rotatable bonds is 7. The molecule has 2 aromatic carbocycles. The van der Waals surface area contributed by atoms with Crippen LogP contribution < -0.4 is 10.9 Å². The molecule has 0 aliphatic heterocycles. The number of ether oxygens (including phenoxy) is 1. The Bertz CT molecular complexity index is 1180. The van der Waals surface area contributed by atoms with Gasteiger partial charge in [-0.1, -0.05) is 38.1 Å². The second-order valence-corrected chi connectivity index (χ2v) is 7.60. The van der Waals surface area contributed by atoms with Crippen LogP contribution in [0, 0.1) is 5.92 Å². The Balaban J connectivity index is 2.08. The molecule has 0 atom stereocenters. The number of para-hydroxylation sites is 2. The van der Waals surface area contributed by atoms with Crippen LogP contribution in [-0.2, 0) is 11.3 Å². The fourth-order valence-electron chi connectivity index (χ4n) is 3.37. The predicted molar refractivity (Wildman–Crippen MR) is 120 cm³/mol. The van der Waals surface area contributed by atoms with E-state index in [0.29, 0.717) is 23.4 Å². The molecule has 0 aliphatic carbocycles. The zero-order valence-electron chi connectivity index (χ0n) is 17.8. The number of hydrogen-bond donors (Lipinski definition) is 2. The number of aryl methyl sites for hydroxylation is 1. The van der Waals surface area contributed by atoms with Gasteiger partial charge >= 0.3 is 5.97 Å². The minimum Gasteiger partial charge on any atom is -0.506 e. The molecule has 1 aromatic heterocycles. The van der Waals surface area contributed by atoms with Crippen LogP contribution in [0.2, 0.25) is 0 Å². The molecule has 162 valence electrons. The van der Waals surface area contributed by atoms with Crippen molar-refractivity contribution in [3.05, 3.63) is 70.0 Å². The summed E-state index contributed by atoms with van der Waals surface area (Å²) in [6, 6.07) is 13.3. The summed E-state index contributed by atoms with van der Waals surface area (Å²) in [5, 5.41) is 13.8. The lowest BCUT2D eigenvalue weighted by molar-refractivity contribution is 0.0527. The van der Waals surface area contributed by atoms with Gasteiger partial charge in [-0.2, -0.15) is 0 Å². The van der Waals surface area contributed by atoms with Gasteiger partial charge in [0, 0.05) is 11.9 Å². The van der Waals surface area contributed by atoms with E-state index < -0.39 is 17.4 Å². The zero-order chi connectivity index (χ0) is 22.5. The van der Waals surface area contributed by atoms with Gasteiger partial charge in [-0.15, -0.1) is 0 Å². The Morgan fingerprint density at radius 1 is 1.10 bits per heavy atom. The summed E-state index contributed by atoms with van der Waals surface area (Å²) in [5.74, 6) is -1.40. The van der Waals surface area contributed by atoms with Crippen LogP contribution >= 0.6 is 0 Å². The Morgan fingerprint density at radius 2 is 1.77 bits per heavy atom. The highest BCUT2D eigenvalue weighted by molar-refractivity contribution is 6.11. The number of anilines is 1. The molecule has 1 heterocycles. The Labute approximate surface area is 180 Å². The van der Waals surface area contributed by atoms with Gasteiger partial charge < -0.3 is 19.7 Å². The molecule has 7 heteroatoms. The zero-order valence-corrected chi connectivity index (χ0v) is 17.8. The second-order valence-electron chi connectivity index (χ2n) is 7.60. The highest BCUT2D eigenvalue weighted by Crippen LogP contribution is 2.28. The fraction of sp³-hybridized carbons (Fsp3) is 0.292. The maximum Gasteiger partial charge on any atom is 0.340 e. The van der Waals surface area contributed by atoms with Crippen molar-refractivity contribution in [1.82, 2.24) is 4.57 Å². The van der Waals surface area contributed by atoms with Crippen LogP contribution in [0.15, 0.2) is 53.3 Å². The van der Waals surface area contributed by atoms with Crippen LogP contribution in [0.1, 0.15) is 47.9 Å². The molecule has 0 unspecified atom stereocenters. The number of aromatic nitrogens is 1. The van der Waals surface area contributed by atoms with Gasteiger partial charge in [0.15, 0.2) is 0 Å². The van der Waals surface area contributed by atoms with Gasteiger partial charge in [-0.3, -0.25) is 9.59 Å². The van der Waals surface area contributed by atoms with Crippen LogP contribution in [0.5, 0.6) is 5.75 Å². The molecule has 3 aromatic rings. The minimum atomic E-state index is -0.789. The second kappa shape index (κ2) is 9.47. The molecule has 1 amide bonds. The molecule has 0 saturated carbocycles. The third-order valence-electron chi connectivity index (χ3n) is 4.97. The molecule has 0 bridgehead atoms. The maximum absolute atomic E-state index is 13.2. The number of aromatic hydroxyl groups is 1. The Morgan fingerprint density at radius 3 is 2.48 bits per heavy atom. The van der Waals surface area contributed by atoms with Crippen molar-refractivity contribution < 1.29 is 19.4 Å². The van der Waals surface area contributed by atoms with Crippen molar-refractivity contribution >= 4 is 28.5 Å². The molecular weight excluding hydrogens is 396 g/mol. The largest absolute Gasteiger partial charge is 0.506 e. The van der Waals surface area contributed by atoms with Crippen LogP contribution in [0.25, 0.3) is 10.9 Å². The van der Waals surface area contributed by atoms with E-state index in [2.05, 4.69) is 5.32 Å². The van der Waals surface area contributed by atoms with E-state index in [1.807, 2.05) is 13.8 Å². The smallest absolute Gasteiger partial charge is 0.340 e. The quantitative estimate of drug-likeness (QED) is 0.557. The minimum absolute atomic E-state index is 0.165. The van der Waals surface area contributed by atoms with Gasteiger partial charge in [0.2, 0.25) is 0 Å². The third kappa shape index (κ3) is 4.60. The van der Waals surface area contributed by atoms with Crippen LogP contribution in [0.4, 0.5) is 5.69 Å². The van der Waals surface area contributed by atoms with Crippen molar-refractivity contribution in [2.45, 2.75) is 33.7 Å². The Hall–Kier alpha value is -3.61. The first-order valence-electron chi connectivity index (χ1n) is 10.3. The number of fused-ring (bicyclic) bond motifs is 1. The van der Waals surface area contributed by atoms with Crippen molar-refractivity contribution in [2.75, 3.05) is 11.9 Å². The summed E-state index contributed by atoms with van der Waals surface area (Å²) in [6.07, 6.45) is 0.738. The topological polar surface area (TPSA) is 97.6 Å². The molecule has 3 rings (SSSR count). The van der Waals surface area contributed by atoms with E-state index in [-0.39, 0.29) is 29.2 Å². The molecule has 31 heavy (non-hydrogen) atoms. The first-order valence-corrected chi connectivity index (χ1v) is 10.3. The van der Waals surface area contributed by atoms with Crippen LogP contribution in [-0.4, -0.2) is 28.2 Å². The summed E-state index contributed by atoms with van der Waals surface area (Å²) in [5.41, 5.74) is -0.0111. The molecule has 0 aliphatic rings. The number of esters is 1. The lowest BCUT2D eigenvalue weighted by atomic mass is 10.1. The number of hydrogen-bond acceptors (Lipinski definition) is 5. The number of amides is 1. The third-order valence-corrected chi connectivity index (χ3v) is 4.97. The van der Waals surface area contributed by atoms with Crippen molar-refractivity contribution in [3.63, 3.8) is 0 Å². The lowest BCUT2D eigenvalue weighted by Gasteiger charge is -2.16. The Kier molecular flexibility index (Phi) is 6.74. The average Bonchev–Trinajstić information content (AvgIpc) is 2.74. The van der Waals surface area contributed by atoms with Crippen molar-refractivity contribution in [1.29, 1.82) is 0 Å². The van der Waals surface area contributed by atoms with Gasteiger partial charge in [-0.05, 0) is 43.5 Å². The number of pyridine rings is 1. The first-order chi connectivity index (χ1) is 14.8. The van der Waals surface area contributed by atoms with Crippen molar-refractivity contribution in [3.8, 4) is 5.75 Å².